The molecule has 1 aliphatic heterocycles. The Bertz CT molecular complexity index is 543. The molecule has 1 aliphatic rings. The predicted octanol–water partition coefficient (Wildman–Crippen LogP) is 2.35. The van der Waals surface area contributed by atoms with Crippen LogP contribution in [0.15, 0.2) is 27.8 Å². The van der Waals surface area contributed by atoms with Gasteiger partial charge in [-0.1, -0.05) is 0 Å². The van der Waals surface area contributed by atoms with Crippen molar-refractivity contribution < 1.29 is 9.21 Å². The van der Waals surface area contributed by atoms with E-state index in [-0.39, 0.29) is 41.2 Å². The number of carbonyl (C=O) groups excluding carboxylic acids is 1. The summed E-state index contributed by atoms with van der Waals surface area (Å²) in [5.41, 5.74) is 0. The number of hydrogen-bond acceptors (Lipinski definition) is 4. The highest BCUT2D eigenvalue weighted by atomic mass is 127. The lowest BCUT2D eigenvalue weighted by molar-refractivity contribution is -0.127. The molecule has 1 fully saturated rings. The topological polar surface area (TPSA) is 69.9 Å². The summed E-state index contributed by atoms with van der Waals surface area (Å²) in [5, 5.41) is 6.69. The lowest BCUT2D eigenvalue weighted by Crippen LogP contribution is -2.44. The average Bonchev–Trinajstić information content (AvgIpc) is 3.21. The van der Waals surface area contributed by atoms with E-state index in [1.165, 1.54) is 18.6 Å². The third-order valence-corrected chi connectivity index (χ3v) is 5.58. The molecule has 8 heteroatoms. The molecule has 0 aliphatic carbocycles. The second-order valence-electron chi connectivity index (χ2n) is 6.46. The normalized spacial score (nSPS) is 20.0. The summed E-state index contributed by atoms with van der Waals surface area (Å²) in [6.45, 7) is 3.98. The van der Waals surface area contributed by atoms with Crippen LogP contribution in [0.25, 0.3) is 0 Å². The highest BCUT2D eigenvalue weighted by Gasteiger charge is 2.29. The van der Waals surface area contributed by atoms with Gasteiger partial charge >= 0.3 is 0 Å². The molecule has 1 saturated heterocycles. The number of aliphatic imine (C=N–C) groups is 1. The van der Waals surface area contributed by atoms with Crippen molar-refractivity contribution in [1.82, 2.24) is 15.5 Å². The van der Waals surface area contributed by atoms with Crippen molar-refractivity contribution in [1.29, 1.82) is 0 Å². The van der Waals surface area contributed by atoms with E-state index >= 15 is 0 Å². The summed E-state index contributed by atoms with van der Waals surface area (Å²) >= 11 is 2.00. The van der Waals surface area contributed by atoms with E-state index in [1.54, 1.807) is 25.3 Å². The molecule has 0 bridgehead atoms. The van der Waals surface area contributed by atoms with Gasteiger partial charge in [-0.2, -0.15) is 11.8 Å². The number of rotatable bonds is 7. The van der Waals surface area contributed by atoms with Gasteiger partial charge in [-0.15, -0.1) is 24.0 Å². The first-order valence-electron chi connectivity index (χ1n) is 8.37. The maximum absolute atomic E-state index is 11.8. The van der Waals surface area contributed by atoms with Gasteiger partial charge in [-0.25, -0.2) is 4.99 Å². The molecule has 1 amide bonds. The zero-order valence-corrected chi connectivity index (χ0v) is 18.4. The van der Waals surface area contributed by atoms with Crippen molar-refractivity contribution in [3.05, 3.63) is 24.2 Å². The smallest absolute Gasteiger partial charge is 0.243 e. The Morgan fingerprint density at radius 2 is 2.24 bits per heavy atom. The van der Waals surface area contributed by atoms with Crippen LogP contribution in [0.4, 0.5) is 0 Å². The van der Waals surface area contributed by atoms with E-state index in [9.17, 15) is 4.79 Å². The number of likely N-dealkylation sites (N-methyl/N-ethyl adjacent to an activating group) is 1. The Morgan fingerprint density at radius 1 is 1.44 bits per heavy atom. The lowest BCUT2D eigenvalue weighted by Gasteiger charge is -2.24. The largest absolute Gasteiger partial charge is 0.469 e. The van der Waals surface area contributed by atoms with Gasteiger partial charge in [0.05, 0.1) is 6.26 Å². The van der Waals surface area contributed by atoms with E-state index in [1.807, 2.05) is 23.9 Å². The van der Waals surface area contributed by atoms with E-state index in [0.717, 1.165) is 18.7 Å². The number of carbonyl (C=O) groups is 1. The first-order valence-corrected chi connectivity index (χ1v) is 9.36. The number of guanidine groups is 1. The van der Waals surface area contributed by atoms with Crippen molar-refractivity contribution in [2.24, 2.45) is 4.99 Å². The Labute approximate surface area is 171 Å². The van der Waals surface area contributed by atoms with Gasteiger partial charge in [0.1, 0.15) is 12.3 Å². The minimum absolute atomic E-state index is 0. The van der Waals surface area contributed by atoms with Crippen LogP contribution in [0, 0.1) is 0 Å². The number of thioether (sulfide) groups is 1. The number of nitrogens with one attached hydrogen (secondary N) is 2. The van der Waals surface area contributed by atoms with Crippen molar-refractivity contribution in [2.75, 3.05) is 39.5 Å². The molecular formula is C17H29IN4O2S. The van der Waals surface area contributed by atoms with Crippen molar-refractivity contribution in [2.45, 2.75) is 30.9 Å². The molecular weight excluding hydrogens is 451 g/mol. The van der Waals surface area contributed by atoms with Crippen molar-refractivity contribution in [3.8, 4) is 0 Å². The number of hydrogen-bond donors (Lipinski definition) is 2. The van der Waals surface area contributed by atoms with E-state index in [2.05, 4.69) is 22.5 Å². The molecule has 2 heterocycles. The van der Waals surface area contributed by atoms with Crippen molar-refractivity contribution >= 4 is 47.6 Å². The fraction of sp³-hybridized carbons (Fsp3) is 0.647. The lowest BCUT2D eigenvalue weighted by atomic mass is 10.1. The molecule has 0 radical (unpaired) electrons. The van der Waals surface area contributed by atoms with Gasteiger partial charge in [0, 0.05) is 38.4 Å². The number of nitrogens with zero attached hydrogens (tertiary/aromatic N) is 2. The summed E-state index contributed by atoms with van der Waals surface area (Å²) in [4.78, 5) is 17.7. The van der Waals surface area contributed by atoms with Gasteiger partial charge in [-0.05, 0) is 37.7 Å². The van der Waals surface area contributed by atoms with Gasteiger partial charge in [0.25, 0.3) is 0 Å². The molecule has 142 valence electrons. The van der Waals surface area contributed by atoms with Crippen LogP contribution in [-0.4, -0.2) is 61.0 Å². The minimum Gasteiger partial charge on any atom is -0.469 e. The van der Waals surface area contributed by atoms with E-state index < -0.39 is 0 Å². The van der Waals surface area contributed by atoms with Crippen LogP contribution in [0.5, 0.6) is 0 Å². The molecule has 0 spiro atoms. The quantitative estimate of drug-likeness (QED) is 0.356. The summed E-state index contributed by atoms with van der Waals surface area (Å²) in [6, 6.07) is 3.84. The molecule has 0 aromatic carbocycles. The molecule has 1 aromatic heterocycles. The van der Waals surface area contributed by atoms with Gasteiger partial charge in [-0.3, -0.25) is 4.79 Å². The predicted molar refractivity (Wildman–Crippen MR) is 115 cm³/mol. The minimum atomic E-state index is -0.0106. The molecule has 1 unspecified atom stereocenters. The summed E-state index contributed by atoms with van der Waals surface area (Å²) < 4.78 is 5.58. The number of halogens is 1. The van der Waals surface area contributed by atoms with Gasteiger partial charge in [0.2, 0.25) is 5.91 Å². The Kier molecular flexibility index (Phi) is 9.70. The molecule has 2 N–H and O–H groups in total. The zero-order chi connectivity index (χ0) is 17.4. The van der Waals surface area contributed by atoms with Crippen LogP contribution in [0.3, 0.4) is 0 Å². The van der Waals surface area contributed by atoms with Crippen LogP contribution in [-0.2, 0) is 11.2 Å². The van der Waals surface area contributed by atoms with E-state index in [4.69, 9.17) is 4.42 Å². The van der Waals surface area contributed by atoms with E-state index in [0.29, 0.717) is 12.5 Å². The van der Waals surface area contributed by atoms with Crippen LogP contribution < -0.4 is 10.6 Å². The fourth-order valence-electron chi connectivity index (χ4n) is 2.47. The van der Waals surface area contributed by atoms with Crippen LogP contribution in [0.1, 0.15) is 25.5 Å². The molecule has 1 aromatic rings. The highest BCUT2D eigenvalue weighted by Crippen LogP contribution is 2.36. The van der Waals surface area contributed by atoms with Crippen LogP contribution in [0.2, 0.25) is 0 Å². The average molecular weight is 480 g/mol. The summed E-state index contributed by atoms with van der Waals surface area (Å²) in [5.74, 6) is 2.83. The second kappa shape index (κ2) is 10.9. The highest BCUT2D eigenvalue weighted by molar-refractivity contribution is 14.0. The standard InChI is InChI=1S/C17H28N4O2S.HI/c1-17(8-5-11-24-17)13-20-16(19-12-15(22)21(2)3)18-9-7-14-6-4-10-23-14;/h4,6,10H,5,7-9,11-13H2,1-3H3,(H2,18,19,20);1H. The zero-order valence-electron chi connectivity index (χ0n) is 15.2. The molecule has 0 saturated carbocycles. The Morgan fingerprint density at radius 3 is 2.84 bits per heavy atom. The van der Waals surface area contributed by atoms with Gasteiger partial charge in [0.15, 0.2) is 5.96 Å². The summed E-state index contributed by atoms with van der Waals surface area (Å²) in [7, 11) is 3.48. The molecule has 1 atom stereocenters. The second-order valence-corrected chi connectivity index (χ2v) is 8.15. The maximum Gasteiger partial charge on any atom is 0.243 e. The molecule has 2 rings (SSSR count). The first-order chi connectivity index (χ1) is 11.5. The van der Waals surface area contributed by atoms with Gasteiger partial charge < -0.3 is 20.0 Å². The molecule has 6 nitrogen and oxygen atoms in total. The Hall–Kier alpha value is -0.900. The Balaban J connectivity index is 0.00000312. The first kappa shape index (κ1) is 22.1. The molecule has 25 heavy (non-hydrogen) atoms. The van der Waals surface area contributed by atoms with Crippen molar-refractivity contribution in [3.63, 3.8) is 0 Å². The third-order valence-electron chi connectivity index (χ3n) is 4.05. The number of amides is 1. The maximum atomic E-state index is 11.8. The number of furan rings is 1. The van der Waals surface area contributed by atoms with Crippen LogP contribution >= 0.6 is 35.7 Å². The fourth-order valence-corrected chi connectivity index (χ4v) is 3.71. The third kappa shape index (κ3) is 7.89. The SMILES string of the molecule is CN(C)C(=O)CN=C(NCCc1ccco1)NCC1(C)CCCS1.I. The monoisotopic (exact) mass is 480 g/mol. The summed E-state index contributed by atoms with van der Waals surface area (Å²) in [6.07, 6.45) is 4.93.